The van der Waals surface area contributed by atoms with Crippen molar-refractivity contribution in [2.45, 2.75) is 26.4 Å². The molecule has 4 nitrogen and oxygen atoms in total. The molecule has 1 N–H and O–H groups in total. The maximum Gasteiger partial charge on any atom is 0.347 e. The van der Waals surface area contributed by atoms with E-state index in [4.69, 9.17) is 0 Å². The fraction of sp³-hybridized carbons (Fsp3) is 0.556. The summed E-state index contributed by atoms with van der Waals surface area (Å²) in [7, 11) is 0. The summed E-state index contributed by atoms with van der Waals surface area (Å²) in [4.78, 5) is 14.8. The van der Waals surface area contributed by atoms with Crippen molar-refractivity contribution in [1.82, 2.24) is 14.9 Å². The van der Waals surface area contributed by atoms with Crippen LogP contribution in [0.2, 0.25) is 0 Å². The largest absolute Gasteiger partial charge is 0.347 e. The quantitative estimate of drug-likeness (QED) is 0.724. The molecule has 13 heavy (non-hydrogen) atoms. The number of rotatable bonds is 4. The zero-order valence-electron chi connectivity index (χ0n) is 8.03. The molecular weight excluding hydrogens is 166 g/mol. The summed E-state index contributed by atoms with van der Waals surface area (Å²) in [5, 5.41) is 3.23. The highest BCUT2D eigenvalue weighted by Gasteiger charge is 1.95. The van der Waals surface area contributed by atoms with Crippen molar-refractivity contribution in [3.05, 3.63) is 28.9 Å². The molecule has 1 rings (SSSR count). The second-order valence-electron chi connectivity index (χ2n) is 3.20. The van der Waals surface area contributed by atoms with E-state index in [9.17, 15) is 4.79 Å². The Morgan fingerprint density at radius 2 is 2.38 bits per heavy atom. The van der Waals surface area contributed by atoms with Gasteiger partial charge in [0, 0.05) is 31.5 Å². The standard InChI is InChI=1S/C9H15N3O/c1-8(2)10-5-7-12-6-3-4-11-9(12)13/h3-4,6,8,10H,5,7H2,1-2H3. The SMILES string of the molecule is CC(C)NCCn1cccnc1=O. The van der Waals surface area contributed by atoms with Crippen LogP contribution in [-0.4, -0.2) is 22.1 Å². The van der Waals surface area contributed by atoms with Gasteiger partial charge in [-0.25, -0.2) is 9.78 Å². The molecule has 0 spiro atoms. The average molecular weight is 181 g/mol. The second-order valence-corrected chi connectivity index (χ2v) is 3.20. The van der Waals surface area contributed by atoms with Crippen molar-refractivity contribution in [2.24, 2.45) is 0 Å². The fourth-order valence-electron chi connectivity index (χ4n) is 1.03. The molecule has 1 aromatic heterocycles. The molecule has 4 heteroatoms. The highest BCUT2D eigenvalue weighted by Crippen LogP contribution is 1.80. The van der Waals surface area contributed by atoms with E-state index in [0.29, 0.717) is 12.6 Å². The molecule has 0 unspecified atom stereocenters. The van der Waals surface area contributed by atoms with Gasteiger partial charge < -0.3 is 5.32 Å². The molecule has 0 saturated heterocycles. The van der Waals surface area contributed by atoms with Crippen LogP contribution < -0.4 is 11.0 Å². The molecule has 0 aliphatic rings. The lowest BCUT2D eigenvalue weighted by molar-refractivity contribution is 0.529. The van der Waals surface area contributed by atoms with Crippen LogP contribution in [0.25, 0.3) is 0 Å². The summed E-state index contributed by atoms with van der Waals surface area (Å²) < 4.78 is 1.59. The lowest BCUT2D eigenvalue weighted by Crippen LogP contribution is -2.31. The number of hydrogen-bond donors (Lipinski definition) is 1. The first-order valence-corrected chi connectivity index (χ1v) is 4.45. The first-order chi connectivity index (χ1) is 6.20. The Kier molecular flexibility index (Phi) is 3.64. The van der Waals surface area contributed by atoms with Crippen LogP contribution in [-0.2, 0) is 6.54 Å². The van der Waals surface area contributed by atoms with Gasteiger partial charge in [-0.15, -0.1) is 0 Å². The predicted molar refractivity (Wildman–Crippen MR) is 51.6 cm³/mol. The summed E-state index contributed by atoms with van der Waals surface area (Å²) in [5.41, 5.74) is -0.187. The lowest BCUT2D eigenvalue weighted by atomic mass is 10.4. The Morgan fingerprint density at radius 1 is 1.62 bits per heavy atom. The van der Waals surface area contributed by atoms with E-state index in [2.05, 4.69) is 24.1 Å². The molecule has 0 radical (unpaired) electrons. The van der Waals surface area contributed by atoms with E-state index in [1.807, 2.05) is 0 Å². The van der Waals surface area contributed by atoms with Gasteiger partial charge in [-0.05, 0) is 6.07 Å². The van der Waals surface area contributed by atoms with E-state index >= 15 is 0 Å². The summed E-state index contributed by atoms with van der Waals surface area (Å²) >= 11 is 0. The normalized spacial score (nSPS) is 10.7. The van der Waals surface area contributed by atoms with Crippen molar-refractivity contribution in [1.29, 1.82) is 0 Å². The van der Waals surface area contributed by atoms with Gasteiger partial charge in [0.25, 0.3) is 0 Å². The van der Waals surface area contributed by atoms with Gasteiger partial charge in [0.2, 0.25) is 0 Å². The summed E-state index contributed by atoms with van der Waals surface area (Å²) in [6, 6.07) is 2.21. The fourth-order valence-corrected chi connectivity index (χ4v) is 1.03. The van der Waals surface area contributed by atoms with Crippen molar-refractivity contribution in [2.75, 3.05) is 6.54 Å². The maximum atomic E-state index is 11.1. The minimum atomic E-state index is -0.187. The first-order valence-electron chi connectivity index (χ1n) is 4.45. The molecule has 0 aliphatic heterocycles. The third-order valence-electron chi connectivity index (χ3n) is 1.69. The topological polar surface area (TPSA) is 46.9 Å². The average Bonchev–Trinajstić information content (AvgIpc) is 2.08. The molecule has 0 saturated carbocycles. The van der Waals surface area contributed by atoms with Crippen molar-refractivity contribution < 1.29 is 0 Å². The van der Waals surface area contributed by atoms with Gasteiger partial charge in [0.1, 0.15) is 0 Å². The summed E-state index contributed by atoms with van der Waals surface area (Å²) in [6.07, 6.45) is 3.26. The Balaban J connectivity index is 2.46. The second kappa shape index (κ2) is 4.77. The summed E-state index contributed by atoms with van der Waals surface area (Å²) in [5.74, 6) is 0. The number of aromatic nitrogens is 2. The smallest absolute Gasteiger partial charge is 0.313 e. The van der Waals surface area contributed by atoms with E-state index < -0.39 is 0 Å². The van der Waals surface area contributed by atoms with Crippen LogP contribution in [0.15, 0.2) is 23.3 Å². The third-order valence-corrected chi connectivity index (χ3v) is 1.69. The van der Waals surface area contributed by atoms with Crippen LogP contribution in [0, 0.1) is 0 Å². The van der Waals surface area contributed by atoms with E-state index in [0.717, 1.165) is 6.54 Å². The molecule has 0 aliphatic carbocycles. The maximum absolute atomic E-state index is 11.1. The lowest BCUT2D eigenvalue weighted by Gasteiger charge is -2.08. The van der Waals surface area contributed by atoms with Crippen LogP contribution >= 0.6 is 0 Å². The van der Waals surface area contributed by atoms with Crippen molar-refractivity contribution >= 4 is 0 Å². The van der Waals surface area contributed by atoms with Crippen LogP contribution in [0.3, 0.4) is 0 Å². The Morgan fingerprint density at radius 3 is 3.00 bits per heavy atom. The predicted octanol–water partition coefficient (Wildman–Crippen LogP) is 0.241. The minimum absolute atomic E-state index is 0.187. The molecule has 0 atom stereocenters. The van der Waals surface area contributed by atoms with E-state index in [1.165, 1.54) is 6.20 Å². The van der Waals surface area contributed by atoms with Crippen molar-refractivity contribution in [3.63, 3.8) is 0 Å². The molecular formula is C9H15N3O. The first kappa shape index (κ1) is 9.92. The zero-order valence-corrected chi connectivity index (χ0v) is 8.03. The van der Waals surface area contributed by atoms with Gasteiger partial charge >= 0.3 is 5.69 Å². The van der Waals surface area contributed by atoms with E-state index in [-0.39, 0.29) is 5.69 Å². The van der Waals surface area contributed by atoms with Gasteiger partial charge in [-0.2, -0.15) is 0 Å². The van der Waals surface area contributed by atoms with E-state index in [1.54, 1.807) is 16.8 Å². The Hall–Kier alpha value is -1.16. The van der Waals surface area contributed by atoms with Gasteiger partial charge in [0.15, 0.2) is 0 Å². The molecule has 1 heterocycles. The highest BCUT2D eigenvalue weighted by atomic mass is 16.1. The van der Waals surface area contributed by atoms with Gasteiger partial charge in [-0.1, -0.05) is 13.8 Å². The Bertz CT molecular complexity index is 306. The molecule has 0 amide bonds. The molecule has 0 aromatic carbocycles. The molecule has 0 fully saturated rings. The van der Waals surface area contributed by atoms with Crippen molar-refractivity contribution in [3.8, 4) is 0 Å². The molecule has 1 aromatic rings. The molecule has 0 bridgehead atoms. The monoisotopic (exact) mass is 181 g/mol. The van der Waals surface area contributed by atoms with Gasteiger partial charge in [0.05, 0.1) is 0 Å². The van der Waals surface area contributed by atoms with Crippen LogP contribution in [0.1, 0.15) is 13.8 Å². The number of nitrogens with one attached hydrogen (secondary N) is 1. The number of nitrogens with zero attached hydrogens (tertiary/aromatic N) is 2. The van der Waals surface area contributed by atoms with Crippen LogP contribution in [0.5, 0.6) is 0 Å². The minimum Gasteiger partial charge on any atom is -0.313 e. The Labute approximate surface area is 77.6 Å². The molecule has 72 valence electrons. The zero-order chi connectivity index (χ0) is 9.68. The number of hydrogen-bond acceptors (Lipinski definition) is 3. The van der Waals surface area contributed by atoms with Gasteiger partial charge in [-0.3, -0.25) is 4.57 Å². The third kappa shape index (κ3) is 3.38. The summed E-state index contributed by atoms with van der Waals surface area (Å²) in [6.45, 7) is 5.62. The van der Waals surface area contributed by atoms with Crippen LogP contribution in [0.4, 0.5) is 0 Å². The highest BCUT2D eigenvalue weighted by molar-refractivity contribution is 4.80.